The minimum absolute atomic E-state index is 0.107. The van der Waals surface area contributed by atoms with Crippen LogP contribution in [0.15, 0.2) is 6.07 Å². The molecule has 0 atom stereocenters. The Hall–Kier alpha value is -0.450. The van der Waals surface area contributed by atoms with Crippen molar-refractivity contribution in [2.24, 2.45) is 0 Å². The molecule has 84 valence electrons. The lowest BCUT2D eigenvalue weighted by Gasteiger charge is -2.10. The number of benzene rings is 1. The van der Waals surface area contributed by atoms with Crippen LogP contribution >= 0.6 is 22.3 Å². The molecule has 6 heteroatoms. The average molecular weight is 269 g/mol. The van der Waals surface area contributed by atoms with E-state index < -0.39 is 14.8 Å². The van der Waals surface area contributed by atoms with Crippen LogP contribution in [0.5, 0.6) is 5.75 Å². The van der Waals surface area contributed by atoms with Crippen LogP contribution in [0.4, 0.5) is 0 Å². The van der Waals surface area contributed by atoms with Crippen molar-refractivity contribution in [3.8, 4) is 5.75 Å². The van der Waals surface area contributed by atoms with Crippen LogP contribution in [-0.2, 0) is 14.8 Å². The first-order valence-electron chi connectivity index (χ1n) is 4.12. The highest BCUT2D eigenvalue weighted by atomic mass is 35.7. The van der Waals surface area contributed by atoms with Gasteiger partial charge >= 0.3 is 0 Å². The number of rotatable bonds is 2. The Bertz CT molecular complexity index is 495. The number of phenolic OH excluding ortho intramolecular Hbond substituents is 1. The number of halogens is 2. The lowest BCUT2D eigenvalue weighted by Crippen LogP contribution is -1.99. The molecule has 0 unspecified atom stereocenters. The van der Waals surface area contributed by atoms with Crippen LogP contribution < -0.4 is 0 Å². The van der Waals surface area contributed by atoms with E-state index in [1.165, 1.54) is 0 Å². The molecule has 0 aromatic heterocycles. The molecule has 0 saturated heterocycles. The molecule has 3 nitrogen and oxygen atoms in total. The van der Waals surface area contributed by atoms with Gasteiger partial charge in [-0.15, -0.1) is 0 Å². The van der Waals surface area contributed by atoms with Crippen LogP contribution in [0.2, 0.25) is 5.02 Å². The van der Waals surface area contributed by atoms with Crippen LogP contribution in [-0.4, -0.2) is 13.5 Å². The lowest BCUT2D eigenvalue weighted by molar-refractivity contribution is 0.465. The maximum absolute atomic E-state index is 10.9. The third-order valence-electron chi connectivity index (χ3n) is 2.14. The molecule has 0 saturated carbocycles. The molecule has 0 bridgehead atoms. The normalized spacial score (nSPS) is 11.7. The van der Waals surface area contributed by atoms with Gasteiger partial charge < -0.3 is 5.11 Å². The van der Waals surface area contributed by atoms with Gasteiger partial charge in [0.2, 0.25) is 9.05 Å². The molecule has 0 aliphatic heterocycles. The number of hydrogen-bond donors (Lipinski definition) is 1. The second-order valence-electron chi connectivity index (χ2n) is 3.31. The van der Waals surface area contributed by atoms with E-state index in [9.17, 15) is 13.5 Å². The Morgan fingerprint density at radius 2 is 1.93 bits per heavy atom. The summed E-state index contributed by atoms with van der Waals surface area (Å²) < 4.78 is 21.8. The van der Waals surface area contributed by atoms with Crippen molar-refractivity contribution < 1.29 is 13.5 Å². The van der Waals surface area contributed by atoms with Gasteiger partial charge in [0.15, 0.2) is 0 Å². The molecule has 0 amide bonds. The van der Waals surface area contributed by atoms with Crippen molar-refractivity contribution in [3.63, 3.8) is 0 Å². The SMILES string of the molecule is Cc1cc(Cl)c(C)c(O)c1CS(=O)(=O)Cl. The molecule has 1 aromatic carbocycles. The molecule has 0 heterocycles. The van der Waals surface area contributed by atoms with Crippen LogP contribution in [0.25, 0.3) is 0 Å². The monoisotopic (exact) mass is 268 g/mol. The van der Waals surface area contributed by atoms with Gasteiger partial charge in [-0.25, -0.2) is 8.42 Å². The second kappa shape index (κ2) is 4.20. The zero-order chi connectivity index (χ0) is 11.8. The number of aryl methyl sites for hydroxylation is 1. The van der Waals surface area contributed by atoms with Crippen molar-refractivity contribution in [1.82, 2.24) is 0 Å². The van der Waals surface area contributed by atoms with Gasteiger partial charge in [0, 0.05) is 26.8 Å². The highest BCUT2D eigenvalue weighted by molar-refractivity contribution is 8.13. The van der Waals surface area contributed by atoms with Crippen molar-refractivity contribution >= 4 is 31.3 Å². The van der Waals surface area contributed by atoms with Crippen molar-refractivity contribution in [3.05, 3.63) is 27.8 Å². The summed E-state index contributed by atoms with van der Waals surface area (Å²) >= 11 is 5.82. The molecule has 0 radical (unpaired) electrons. The van der Waals surface area contributed by atoms with Crippen LogP contribution in [0.3, 0.4) is 0 Å². The van der Waals surface area contributed by atoms with Crippen molar-refractivity contribution in [1.29, 1.82) is 0 Å². The van der Waals surface area contributed by atoms with E-state index in [2.05, 4.69) is 0 Å². The zero-order valence-electron chi connectivity index (χ0n) is 8.21. The van der Waals surface area contributed by atoms with E-state index in [0.29, 0.717) is 21.7 Å². The number of aromatic hydroxyl groups is 1. The van der Waals surface area contributed by atoms with Gasteiger partial charge in [0.25, 0.3) is 0 Å². The summed E-state index contributed by atoms with van der Waals surface area (Å²) in [5.41, 5.74) is 1.36. The van der Waals surface area contributed by atoms with E-state index in [1.807, 2.05) is 0 Å². The second-order valence-corrected chi connectivity index (χ2v) is 6.49. The predicted molar refractivity (Wildman–Crippen MR) is 61.1 cm³/mol. The van der Waals surface area contributed by atoms with Crippen LogP contribution in [0.1, 0.15) is 16.7 Å². The van der Waals surface area contributed by atoms with Crippen LogP contribution in [0, 0.1) is 13.8 Å². The Morgan fingerprint density at radius 3 is 2.40 bits per heavy atom. The smallest absolute Gasteiger partial charge is 0.236 e. The maximum Gasteiger partial charge on any atom is 0.236 e. The summed E-state index contributed by atoms with van der Waals surface area (Å²) in [6.07, 6.45) is 0. The highest BCUT2D eigenvalue weighted by Gasteiger charge is 2.17. The van der Waals surface area contributed by atoms with E-state index in [4.69, 9.17) is 22.3 Å². The largest absolute Gasteiger partial charge is 0.507 e. The Labute approximate surface area is 98.1 Å². The van der Waals surface area contributed by atoms with E-state index in [0.717, 1.165) is 0 Å². The first kappa shape index (κ1) is 12.6. The fourth-order valence-corrected chi connectivity index (χ4v) is 2.56. The van der Waals surface area contributed by atoms with Gasteiger partial charge in [-0.3, -0.25) is 0 Å². The van der Waals surface area contributed by atoms with Crippen molar-refractivity contribution in [2.45, 2.75) is 19.6 Å². The first-order chi connectivity index (χ1) is 6.72. The lowest BCUT2D eigenvalue weighted by atomic mass is 10.1. The van der Waals surface area contributed by atoms with Gasteiger partial charge in [-0.2, -0.15) is 0 Å². The van der Waals surface area contributed by atoms with Gasteiger partial charge in [-0.05, 0) is 25.5 Å². The summed E-state index contributed by atoms with van der Waals surface area (Å²) in [4.78, 5) is 0. The summed E-state index contributed by atoms with van der Waals surface area (Å²) in [6.45, 7) is 3.28. The van der Waals surface area contributed by atoms with Gasteiger partial charge in [0.1, 0.15) is 5.75 Å². The van der Waals surface area contributed by atoms with Gasteiger partial charge in [0.05, 0.1) is 5.75 Å². The third-order valence-corrected chi connectivity index (χ3v) is 3.49. The van der Waals surface area contributed by atoms with E-state index in [1.54, 1.807) is 19.9 Å². The Morgan fingerprint density at radius 1 is 1.40 bits per heavy atom. The fraction of sp³-hybridized carbons (Fsp3) is 0.333. The standard InChI is InChI=1S/C9H10Cl2O3S/c1-5-3-8(10)6(2)9(12)7(5)4-15(11,13)14/h3,12H,4H2,1-2H3. The molecule has 1 aromatic rings. The van der Waals surface area contributed by atoms with E-state index in [-0.39, 0.29) is 5.75 Å². The fourth-order valence-electron chi connectivity index (χ4n) is 1.27. The predicted octanol–water partition coefficient (Wildman–Crippen LogP) is 2.73. The minimum atomic E-state index is -3.68. The quantitative estimate of drug-likeness (QED) is 0.840. The van der Waals surface area contributed by atoms with E-state index >= 15 is 0 Å². The zero-order valence-corrected chi connectivity index (χ0v) is 10.5. The molecule has 0 spiro atoms. The van der Waals surface area contributed by atoms with Gasteiger partial charge in [-0.1, -0.05) is 11.6 Å². The Balaban J connectivity index is 3.37. The molecule has 0 aliphatic carbocycles. The minimum Gasteiger partial charge on any atom is -0.507 e. The molecular weight excluding hydrogens is 259 g/mol. The first-order valence-corrected chi connectivity index (χ1v) is 6.98. The highest BCUT2D eigenvalue weighted by Crippen LogP contribution is 2.33. The third kappa shape index (κ3) is 3.00. The number of phenols is 1. The summed E-state index contributed by atoms with van der Waals surface area (Å²) in [5.74, 6) is -0.506. The van der Waals surface area contributed by atoms with Crippen molar-refractivity contribution in [2.75, 3.05) is 0 Å². The molecular formula is C9H10Cl2O3S. The summed E-state index contributed by atoms with van der Waals surface area (Å²) in [7, 11) is 1.45. The molecule has 0 fully saturated rings. The Kier molecular flexibility index (Phi) is 3.53. The molecule has 1 N–H and O–H groups in total. The summed E-state index contributed by atoms with van der Waals surface area (Å²) in [5, 5.41) is 10.1. The topological polar surface area (TPSA) is 54.4 Å². The maximum atomic E-state index is 10.9. The average Bonchev–Trinajstić information content (AvgIpc) is 2.07. The summed E-state index contributed by atoms with van der Waals surface area (Å²) in [6, 6.07) is 1.61. The molecule has 0 aliphatic rings. The number of hydrogen-bond acceptors (Lipinski definition) is 3. The molecule has 1 rings (SSSR count). The molecule has 15 heavy (non-hydrogen) atoms.